The zero-order valence-electron chi connectivity index (χ0n) is 11.6. The minimum absolute atomic E-state index is 0.387. The van der Waals surface area contributed by atoms with Gasteiger partial charge in [0.05, 0.1) is 0 Å². The molecule has 3 nitrogen and oxygen atoms in total. The Bertz CT molecular complexity index is 232. The Morgan fingerprint density at radius 3 is 2.88 bits per heavy atom. The van der Waals surface area contributed by atoms with Crippen molar-refractivity contribution >= 4 is 0 Å². The van der Waals surface area contributed by atoms with E-state index in [4.69, 9.17) is 5.73 Å². The van der Waals surface area contributed by atoms with Gasteiger partial charge in [-0.3, -0.25) is 0 Å². The average Bonchev–Trinajstić information content (AvgIpc) is 2.29. The summed E-state index contributed by atoms with van der Waals surface area (Å²) in [5.74, 6) is 0.899. The van der Waals surface area contributed by atoms with E-state index in [0.29, 0.717) is 6.04 Å². The van der Waals surface area contributed by atoms with Crippen molar-refractivity contribution in [3.63, 3.8) is 0 Å². The first-order valence-electron chi connectivity index (χ1n) is 7.39. The normalized spacial score (nSPS) is 33.4. The number of likely N-dealkylation sites (tertiary alicyclic amines) is 2. The quantitative estimate of drug-likeness (QED) is 0.807. The van der Waals surface area contributed by atoms with Crippen LogP contribution in [0.15, 0.2) is 0 Å². The summed E-state index contributed by atoms with van der Waals surface area (Å²) in [7, 11) is 2.30. The molecule has 2 saturated heterocycles. The van der Waals surface area contributed by atoms with Crippen LogP contribution in [0.5, 0.6) is 0 Å². The van der Waals surface area contributed by atoms with Crippen molar-refractivity contribution in [3.8, 4) is 0 Å². The van der Waals surface area contributed by atoms with Gasteiger partial charge >= 0.3 is 0 Å². The molecule has 2 aliphatic heterocycles. The molecule has 0 aliphatic carbocycles. The maximum atomic E-state index is 6.16. The molecule has 100 valence electrons. The number of nitrogens with two attached hydrogens (primary N) is 1. The maximum absolute atomic E-state index is 6.16. The van der Waals surface area contributed by atoms with Gasteiger partial charge in [0.1, 0.15) is 0 Å². The molecular weight excluding hydrogens is 210 g/mol. The second kappa shape index (κ2) is 6.17. The van der Waals surface area contributed by atoms with Crippen molar-refractivity contribution < 1.29 is 0 Å². The molecule has 2 unspecified atom stereocenters. The zero-order chi connectivity index (χ0) is 12.3. The van der Waals surface area contributed by atoms with E-state index >= 15 is 0 Å². The van der Waals surface area contributed by atoms with Gasteiger partial charge in [-0.25, -0.2) is 0 Å². The molecule has 0 aromatic carbocycles. The minimum atomic E-state index is 0.387. The Morgan fingerprint density at radius 2 is 2.12 bits per heavy atom. The first-order valence-corrected chi connectivity index (χ1v) is 7.39. The van der Waals surface area contributed by atoms with Gasteiger partial charge in [-0.05, 0) is 51.7 Å². The molecule has 2 aliphatic rings. The lowest BCUT2D eigenvalue weighted by Gasteiger charge is -2.46. The fraction of sp³-hybridized carbons (Fsp3) is 1.00. The molecule has 2 N–H and O–H groups in total. The van der Waals surface area contributed by atoms with Crippen LogP contribution < -0.4 is 5.73 Å². The Morgan fingerprint density at radius 1 is 1.29 bits per heavy atom. The highest BCUT2D eigenvalue weighted by Gasteiger charge is 2.34. The molecule has 0 saturated carbocycles. The molecule has 3 atom stereocenters. The number of hydrogen-bond donors (Lipinski definition) is 1. The van der Waals surface area contributed by atoms with Gasteiger partial charge in [0.15, 0.2) is 0 Å². The smallest absolute Gasteiger partial charge is 0.0167 e. The number of rotatable bonds is 4. The molecule has 0 radical (unpaired) electrons. The average molecular weight is 239 g/mol. The van der Waals surface area contributed by atoms with Crippen LogP contribution >= 0.6 is 0 Å². The Hall–Kier alpha value is -0.120. The fourth-order valence-electron chi connectivity index (χ4n) is 3.69. The molecule has 0 amide bonds. The van der Waals surface area contributed by atoms with Crippen LogP contribution in [-0.4, -0.2) is 55.1 Å². The molecule has 2 rings (SSSR count). The van der Waals surface area contributed by atoms with Crippen molar-refractivity contribution in [2.45, 2.75) is 51.1 Å². The van der Waals surface area contributed by atoms with Crippen LogP contribution in [0.2, 0.25) is 0 Å². The van der Waals surface area contributed by atoms with Gasteiger partial charge in [-0.15, -0.1) is 0 Å². The number of piperidine rings is 2. The highest BCUT2D eigenvalue weighted by Crippen LogP contribution is 2.29. The summed E-state index contributed by atoms with van der Waals surface area (Å²) in [5.41, 5.74) is 6.16. The second-order valence-corrected chi connectivity index (χ2v) is 6.05. The van der Waals surface area contributed by atoms with Crippen LogP contribution in [0.25, 0.3) is 0 Å². The molecule has 3 heteroatoms. The van der Waals surface area contributed by atoms with Crippen LogP contribution in [0, 0.1) is 5.92 Å². The molecule has 0 aromatic rings. The third-order valence-electron chi connectivity index (χ3n) is 4.58. The van der Waals surface area contributed by atoms with Crippen molar-refractivity contribution in [1.82, 2.24) is 9.80 Å². The maximum Gasteiger partial charge on any atom is 0.0167 e. The number of nitrogens with zero attached hydrogens (tertiary/aromatic N) is 2. The molecule has 2 fully saturated rings. The molecule has 0 aromatic heterocycles. The standard InChI is InChI=1S/C14H29N3/c1-3-5-13(15)11-17-9-7-14-12(10-17)6-4-8-16(14)2/h12-14H,3-11,15H2,1-2H3/t12?,13-,14?/m1/s1. The van der Waals surface area contributed by atoms with E-state index in [2.05, 4.69) is 23.8 Å². The Kier molecular flexibility index (Phi) is 4.83. The lowest BCUT2D eigenvalue weighted by atomic mass is 9.84. The summed E-state index contributed by atoms with van der Waals surface area (Å²) in [6, 6.07) is 1.24. The largest absolute Gasteiger partial charge is 0.327 e. The molecule has 0 bridgehead atoms. The van der Waals surface area contributed by atoms with Crippen molar-refractivity contribution in [2.75, 3.05) is 33.2 Å². The number of hydrogen-bond acceptors (Lipinski definition) is 3. The van der Waals surface area contributed by atoms with E-state index in [9.17, 15) is 0 Å². The van der Waals surface area contributed by atoms with Crippen LogP contribution in [0.1, 0.15) is 39.0 Å². The highest BCUT2D eigenvalue weighted by molar-refractivity contribution is 4.89. The molecular formula is C14H29N3. The number of fused-ring (bicyclic) bond motifs is 1. The van der Waals surface area contributed by atoms with E-state index in [0.717, 1.165) is 18.5 Å². The van der Waals surface area contributed by atoms with E-state index in [1.807, 2.05) is 0 Å². The lowest BCUT2D eigenvalue weighted by molar-refractivity contribution is 0.0361. The first kappa shape index (κ1) is 13.3. The van der Waals surface area contributed by atoms with Crippen molar-refractivity contribution in [1.29, 1.82) is 0 Å². The highest BCUT2D eigenvalue weighted by atomic mass is 15.2. The fourth-order valence-corrected chi connectivity index (χ4v) is 3.69. The molecule has 2 heterocycles. The Labute approximate surface area is 106 Å². The van der Waals surface area contributed by atoms with E-state index in [-0.39, 0.29) is 0 Å². The van der Waals surface area contributed by atoms with Gasteiger partial charge in [0.25, 0.3) is 0 Å². The van der Waals surface area contributed by atoms with E-state index in [1.165, 1.54) is 51.7 Å². The lowest BCUT2D eigenvalue weighted by Crippen LogP contribution is -2.54. The predicted molar refractivity (Wildman–Crippen MR) is 73.1 cm³/mol. The Balaban J connectivity index is 1.81. The van der Waals surface area contributed by atoms with Gasteiger partial charge in [0.2, 0.25) is 0 Å². The van der Waals surface area contributed by atoms with Crippen molar-refractivity contribution in [3.05, 3.63) is 0 Å². The summed E-state index contributed by atoms with van der Waals surface area (Å²) >= 11 is 0. The van der Waals surface area contributed by atoms with Gasteiger partial charge in [-0.1, -0.05) is 13.3 Å². The predicted octanol–water partition coefficient (Wildman–Crippen LogP) is 1.53. The van der Waals surface area contributed by atoms with Crippen molar-refractivity contribution in [2.24, 2.45) is 11.7 Å². The first-order chi connectivity index (χ1) is 8.20. The zero-order valence-corrected chi connectivity index (χ0v) is 11.6. The summed E-state index contributed by atoms with van der Waals surface area (Å²) in [4.78, 5) is 5.19. The van der Waals surface area contributed by atoms with Gasteiger partial charge < -0.3 is 15.5 Å². The molecule has 17 heavy (non-hydrogen) atoms. The second-order valence-electron chi connectivity index (χ2n) is 6.05. The van der Waals surface area contributed by atoms with Gasteiger partial charge in [0, 0.05) is 25.2 Å². The summed E-state index contributed by atoms with van der Waals surface area (Å²) < 4.78 is 0. The SMILES string of the molecule is CCC[C@@H](N)CN1CCC2C(CCCN2C)C1. The van der Waals surface area contributed by atoms with Crippen LogP contribution in [0.4, 0.5) is 0 Å². The van der Waals surface area contributed by atoms with E-state index in [1.54, 1.807) is 0 Å². The summed E-state index contributed by atoms with van der Waals surface area (Å²) in [6.45, 7) is 7.18. The molecule has 0 spiro atoms. The topological polar surface area (TPSA) is 32.5 Å². The monoisotopic (exact) mass is 239 g/mol. The van der Waals surface area contributed by atoms with Gasteiger partial charge in [-0.2, -0.15) is 0 Å². The summed E-state index contributed by atoms with van der Waals surface area (Å²) in [5, 5.41) is 0. The summed E-state index contributed by atoms with van der Waals surface area (Å²) in [6.07, 6.45) is 6.54. The van der Waals surface area contributed by atoms with E-state index < -0.39 is 0 Å². The minimum Gasteiger partial charge on any atom is -0.327 e. The van der Waals surface area contributed by atoms with Crippen LogP contribution in [0.3, 0.4) is 0 Å². The third-order valence-corrected chi connectivity index (χ3v) is 4.58. The van der Waals surface area contributed by atoms with Crippen LogP contribution in [-0.2, 0) is 0 Å². The third kappa shape index (κ3) is 3.43.